The zero-order valence-corrected chi connectivity index (χ0v) is 9.11. The molecule has 0 bridgehead atoms. The van der Waals surface area contributed by atoms with Gasteiger partial charge in [-0.2, -0.15) is 0 Å². The Morgan fingerprint density at radius 3 is 2.93 bits per heavy atom. The summed E-state index contributed by atoms with van der Waals surface area (Å²) in [5.74, 6) is 0.815. The predicted molar refractivity (Wildman–Crippen MR) is 57.2 cm³/mol. The largest absolute Gasteiger partial charge is 0.378 e. The van der Waals surface area contributed by atoms with E-state index in [1.54, 1.807) is 0 Å². The second kappa shape index (κ2) is 4.60. The highest BCUT2D eigenvalue weighted by Crippen LogP contribution is 2.32. The van der Waals surface area contributed by atoms with Crippen molar-refractivity contribution in [3.05, 3.63) is 0 Å². The Morgan fingerprint density at radius 2 is 2.29 bits per heavy atom. The van der Waals surface area contributed by atoms with Crippen molar-refractivity contribution < 1.29 is 4.74 Å². The van der Waals surface area contributed by atoms with E-state index in [9.17, 15) is 0 Å². The number of morpholine rings is 1. The monoisotopic (exact) mass is 198 g/mol. The summed E-state index contributed by atoms with van der Waals surface area (Å²) in [6.45, 7) is 6.15. The van der Waals surface area contributed by atoms with Gasteiger partial charge in [-0.15, -0.1) is 0 Å². The van der Waals surface area contributed by atoms with Crippen LogP contribution in [-0.4, -0.2) is 43.3 Å². The van der Waals surface area contributed by atoms with Gasteiger partial charge in [0.1, 0.15) is 0 Å². The van der Waals surface area contributed by atoms with Gasteiger partial charge >= 0.3 is 0 Å². The number of nitrogens with two attached hydrogens (primary N) is 1. The predicted octanol–water partition coefficient (Wildman–Crippen LogP) is 0.834. The molecule has 2 atom stereocenters. The van der Waals surface area contributed by atoms with Crippen molar-refractivity contribution in [1.29, 1.82) is 0 Å². The van der Waals surface area contributed by atoms with Gasteiger partial charge in [0.15, 0.2) is 0 Å². The molecule has 0 radical (unpaired) electrons. The Balaban J connectivity index is 1.80. The zero-order chi connectivity index (χ0) is 9.97. The molecule has 1 saturated carbocycles. The fraction of sp³-hybridized carbons (Fsp3) is 1.00. The van der Waals surface area contributed by atoms with Crippen LogP contribution in [0.25, 0.3) is 0 Å². The second-order valence-corrected chi connectivity index (χ2v) is 4.63. The lowest BCUT2D eigenvalue weighted by molar-refractivity contribution is -0.0117. The molecule has 1 aliphatic carbocycles. The first-order valence-corrected chi connectivity index (χ1v) is 5.88. The standard InChI is InChI=1S/C11H22N2O/c1-2-10-8-14-6-5-13(10)7-11(12)9-3-4-9/h9-11H,2-8,12H2,1H3. The lowest BCUT2D eigenvalue weighted by atomic mass is 10.1. The molecular weight excluding hydrogens is 176 g/mol. The normalized spacial score (nSPS) is 31.7. The van der Waals surface area contributed by atoms with Crippen LogP contribution in [0.4, 0.5) is 0 Å². The van der Waals surface area contributed by atoms with Gasteiger partial charge < -0.3 is 10.5 Å². The van der Waals surface area contributed by atoms with Crippen molar-refractivity contribution >= 4 is 0 Å². The molecule has 0 amide bonds. The molecule has 2 N–H and O–H groups in total. The average Bonchev–Trinajstić information content (AvgIpc) is 3.02. The van der Waals surface area contributed by atoms with Crippen LogP contribution in [0.3, 0.4) is 0 Å². The Morgan fingerprint density at radius 1 is 1.50 bits per heavy atom. The summed E-state index contributed by atoms with van der Waals surface area (Å²) in [4.78, 5) is 2.52. The average molecular weight is 198 g/mol. The molecule has 1 aliphatic heterocycles. The van der Waals surface area contributed by atoms with Crippen molar-refractivity contribution in [1.82, 2.24) is 4.90 Å². The summed E-state index contributed by atoms with van der Waals surface area (Å²) >= 11 is 0. The van der Waals surface area contributed by atoms with E-state index in [0.717, 1.165) is 32.2 Å². The fourth-order valence-electron chi connectivity index (χ4n) is 2.25. The van der Waals surface area contributed by atoms with Crippen LogP contribution < -0.4 is 5.73 Å². The minimum atomic E-state index is 0.405. The molecule has 1 saturated heterocycles. The number of ether oxygens (including phenoxy) is 1. The highest BCUT2D eigenvalue weighted by molar-refractivity contribution is 4.88. The maximum absolute atomic E-state index is 6.14. The highest BCUT2D eigenvalue weighted by Gasteiger charge is 2.31. The van der Waals surface area contributed by atoms with Crippen molar-refractivity contribution in [2.24, 2.45) is 11.7 Å². The SMILES string of the molecule is CCC1COCCN1CC(N)C1CC1. The molecule has 0 aromatic heterocycles. The summed E-state index contributed by atoms with van der Waals surface area (Å²) in [5, 5.41) is 0. The van der Waals surface area contributed by atoms with Crippen LogP contribution in [0.2, 0.25) is 0 Å². The molecule has 2 rings (SSSR count). The lowest BCUT2D eigenvalue weighted by Gasteiger charge is -2.36. The number of hydrogen-bond donors (Lipinski definition) is 1. The first-order chi connectivity index (χ1) is 6.81. The van der Waals surface area contributed by atoms with Gasteiger partial charge in [0.05, 0.1) is 13.2 Å². The van der Waals surface area contributed by atoms with Crippen LogP contribution >= 0.6 is 0 Å². The molecule has 3 nitrogen and oxygen atoms in total. The van der Waals surface area contributed by atoms with Crippen LogP contribution in [0, 0.1) is 5.92 Å². The van der Waals surface area contributed by atoms with E-state index in [2.05, 4.69) is 11.8 Å². The van der Waals surface area contributed by atoms with Gasteiger partial charge in [0, 0.05) is 25.2 Å². The number of hydrogen-bond acceptors (Lipinski definition) is 3. The third kappa shape index (κ3) is 2.47. The highest BCUT2D eigenvalue weighted by atomic mass is 16.5. The third-order valence-corrected chi connectivity index (χ3v) is 3.49. The number of nitrogens with zero attached hydrogens (tertiary/aromatic N) is 1. The minimum Gasteiger partial charge on any atom is -0.378 e. The summed E-state index contributed by atoms with van der Waals surface area (Å²) in [6.07, 6.45) is 3.88. The van der Waals surface area contributed by atoms with Crippen molar-refractivity contribution in [2.45, 2.75) is 38.3 Å². The molecule has 82 valence electrons. The van der Waals surface area contributed by atoms with Crippen LogP contribution in [0.5, 0.6) is 0 Å². The molecule has 2 fully saturated rings. The molecule has 0 aromatic rings. The third-order valence-electron chi connectivity index (χ3n) is 3.49. The molecule has 0 aromatic carbocycles. The minimum absolute atomic E-state index is 0.405. The van der Waals surface area contributed by atoms with Gasteiger partial charge in [0.25, 0.3) is 0 Å². The first-order valence-electron chi connectivity index (χ1n) is 5.88. The van der Waals surface area contributed by atoms with Crippen LogP contribution in [0.15, 0.2) is 0 Å². The topological polar surface area (TPSA) is 38.5 Å². The molecule has 2 aliphatic rings. The molecule has 2 unspecified atom stereocenters. The van der Waals surface area contributed by atoms with E-state index in [1.165, 1.54) is 19.3 Å². The summed E-state index contributed by atoms with van der Waals surface area (Å²) in [5.41, 5.74) is 6.14. The van der Waals surface area contributed by atoms with Crippen LogP contribution in [0.1, 0.15) is 26.2 Å². The van der Waals surface area contributed by atoms with Gasteiger partial charge in [-0.05, 0) is 25.2 Å². The smallest absolute Gasteiger partial charge is 0.0622 e. The van der Waals surface area contributed by atoms with E-state index in [0.29, 0.717) is 12.1 Å². The maximum atomic E-state index is 6.14. The maximum Gasteiger partial charge on any atom is 0.0622 e. The van der Waals surface area contributed by atoms with Crippen molar-refractivity contribution in [3.63, 3.8) is 0 Å². The Kier molecular flexibility index (Phi) is 3.42. The van der Waals surface area contributed by atoms with Crippen molar-refractivity contribution in [2.75, 3.05) is 26.3 Å². The molecule has 14 heavy (non-hydrogen) atoms. The van der Waals surface area contributed by atoms with E-state index in [1.807, 2.05) is 0 Å². The number of rotatable bonds is 4. The van der Waals surface area contributed by atoms with Gasteiger partial charge in [-0.3, -0.25) is 4.90 Å². The van der Waals surface area contributed by atoms with E-state index >= 15 is 0 Å². The van der Waals surface area contributed by atoms with E-state index < -0.39 is 0 Å². The Labute approximate surface area is 86.6 Å². The van der Waals surface area contributed by atoms with Gasteiger partial charge in [0.2, 0.25) is 0 Å². The summed E-state index contributed by atoms with van der Waals surface area (Å²) in [7, 11) is 0. The van der Waals surface area contributed by atoms with Crippen molar-refractivity contribution in [3.8, 4) is 0 Å². The van der Waals surface area contributed by atoms with E-state index in [-0.39, 0.29) is 0 Å². The summed E-state index contributed by atoms with van der Waals surface area (Å²) in [6, 6.07) is 1.01. The quantitative estimate of drug-likeness (QED) is 0.727. The fourth-order valence-corrected chi connectivity index (χ4v) is 2.25. The Bertz CT molecular complexity index is 182. The zero-order valence-electron chi connectivity index (χ0n) is 9.11. The van der Waals surface area contributed by atoms with E-state index in [4.69, 9.17) is 10.5 Å². The Hall–Kier alpha value is -0.120. The molecular formula is C11H22N2O. The first kappa shape index (κ1) is 10.4. The lowest BCUT2D eigenvalue weighted by Crippen LogP contribution is -2.50. The molecule has 1 heterocycles. The molecule has 0 spiro atoms. The van der Waals surface area contributed by atoms with Gasteiger partial charge in [-0.25, -0.2) is 0 Å². The second-order valence-electron chi connectivity index (χ2n) is 4.63. The molecule has 3 heteroatoms. The summed E-state index contributed by atoms with van der Waals surface area (Å²) < 4.78 is 5.48. The van der Waals surface area contributed by atoms with Gasteiger partial charge in [-0.1, -0.05) is 6.92 Å². The van der Waals surface area contributed by atoms with Crippen LogP contribution in [-0.2, 0) is 4.74 Å².